The summed E-state index contributed by atoms with van der Waals surface area (Å²) >= 11 is 0. The van der Waals surface area contributed by atoms with Crippen LogP contribution in [0.2, 0.25) is 0 Å². The van der Waals surface area contributed by atoms with Crippen LogP contribution in [0.15, 0.2) is 24.3 Å². The first-order valence-electron chi connectivity index (χ1n) is 6.75. The van der Waals surface area contributed by atoms with Gasteiger partial charge in [0.05, 0.1) is 24.0 Å². The van der Waals surface area contributed by atoms with Crippen molar-refractivity contribution in [3.05, 3.63) is 46.8 Å². The summed E-state index contributed by atoms with van der Waals surface area (Å²) in [6.45, 7) is 5.65. The molecule has 0 saturated heterocycles. The molecule has 1 atom stereocenters. The Kier molecular flexibility index (Phi) is 3.03. The van der Waals surface area contributed by atoms with E-state index in [1.54, 1.807) is 0 Å². The van der Waals surface area contributed by atoms with Crippen molar-refractivity contribution in [2.45, 2.75) is 32.9 Å². The lowest BCUT2D eigenvalue weighted by atomic mass is 10.00. The number of nitrogens with two attached hydrogens (primary N) is 1. The van der Waals surface area contributed by atoms with Gasteiger partial charge in [-0.1, -0.05) is 18.2 Å². The van der Waals surface area contributed by atoms with Gasteiger partial charge in [0.25, 0.3) is 0 Å². The SMILES string of the molecule is CCn1nc(C)cc1C(N)c1cccc2c1OCC2. The zero-order chi connectivity index (χ0) is 13.4. The van der Waals surface area contributed by atoms with E-state index >= 15 is 0 Å². The average Bonchev–Trinajstić information content (AvgIpc) is 3.03. The summed E-state index contributed by atoms with van der Waals surface area (Å²) in [6, 6.07) is 8.09. The van der Waals surface area contributed by atoms with Gasteiger partial charge in [0.15, 0.2) is 0 Å². The van der Waals surface area contributed by atoms with E-state index in [0.717, 1.165) is 42.3 Å². The number of hydrogen-bond acceptors (Lipinski definition) is 3. The molecule has 1 aromatic heterocycles. The van der Waals surface area contributed by atoms with E-state index in [4.69, 9.17) is 10.5 Å². The lowest BCUT2D eigenvalue weighted by Gasteiger charge is -2.16. The predicted octanol–water partition coefficient (Wildman–Crippen LogP) is 2.19. The fraction of sp³-hybridized carbons (Fsp3) is 0.400. The van der Waals surface area contributed by atoms with E-state index in [1.165, 1.54) is 5.56 Å². The van der Waals surface area contributed by atoms with Gasteiger partial charge in [0, 0.05) is 18.5 Å². The summed E-state index contributed by atoms with van der Waals surface area (Å²) in [6.07, 6.45) is 0.974. The Morgan fingerprint density at radius 2 is 2.32 bits per heavy atom. The Hall–Kier alpha value is -1.81. The summed E-state index contributed by atoms with van der Waals surface area (Å²) in [7, 11) is 0. The van der Waals surface area contributed by atoms with Gasteiger partial charge in [-0.05, 0) is 25.5 Å². The van der Waals surface area contributed by atoms with E-state index < -0.39 is 0 Å². The van der Waals surface area contributed by atoms with Gasteiger partial charge in [-0.15, -0.1) is 0 Å². The standard InChI is InChI=1S/C15H19N3O/c1-3-18-13(9-10(2)17-18)14(16)12-6-4-5-11-7-8-19-15(11)12/h4-6,9,14H,3,7-8,16H2,1-2H3. The zero-order valence-electron chi connectivity index (χ0n) is 11.4. The van der Waals surface area contributed by atoms with Crippen molar-refractivity contribution < 1.29 is 4.74 Å². The third-order valence-corrected chi connectivity index (χ3v) is 3.63. The van der Waals surface area contributed by atoms with Gasteiger partial charge >= 0.3 is 0 Å². The third kappa shape index (κ3) is 2.02. The lowest BCUT2D eigenvalue weighted by molar-refractivity contribution is 0.352. The minimum absolute atomic E-state index is 0.186. The first kappa shape index (κ1) is 12.2. The van der Waals surface area contributed by atoms with Crippen LogP contribution in [0.3, 0.4) is 0 Å². The average molecular weight is 257 g/mol. The highest BCUT2D eigenvalue weighted by molar-refractivity contribution is 5.47. The van der Waals surface area contributed by atoms with Gasteiger partial charge in [-0.2, -0.15) is 5.10 Å². The highest BCUT2D eigenvalue weighted by atomic mass is 16.5. The number of rotatable bonds is 3. The number of aryl methyl sites for hydroxylation is 2. The number of hydrogen-bond donors (Lipinski definition) is 1. The minimum atomic E-state index is -0.186. The second kappa shape index (κ2) is 4.70. The van der Waals surface area contributed by atoms with Crippen LogP contribution < -0.4 is 10.5 Å². The maximum absolute atomic E-state index is 6.44. The van der Waals surface area contributed by atoms with Crippen molar-refractivity contribution in [2.24, 2.45) is 5.73 Å². The molecule has 19 heavy (non-hydrogen) atoms. The molecule has 0 saturated carbocycles. The first-order chi connectivity index (χ1) is 9.20. The van der Waals surface area contributed by atoms with Crippen molar-refractivity contribution >= 4 is 0 Å². The van der Waals surface area contributed by atoms with Crippen LogP contribution in [-0.4, -0.2) is 16.4 Å². The topological polar surface area (TPSA) is 53.1 Å². The van der Waals surface area contributed by atoms with Crippen LogP contribution in [0.1, 0.15) is 35.5 Å². The van der Waals surface area contributed by atoms with E-state index in [-0.39, 0.29) is 6.04 Å². The van der Waals surface area contributed by atoms with Crippen LogP contribution in [0.4, 0.5) is 0 Å². The Bertz CT molecular complexity index is 603. The third-order valence-electron chi connectivity index (χ3n) is 3.63. The molecule has 0 aliphatic carbocycles. The molecule has 0 spiro atoms. The van der Waals surface area contributed by atoms with E-state index in [9.17, 15) is 0 Å². The molecule has 2 N–H and O–H groups in total. The van der Waals surface area contributed by atoms with E-state index in [0.29, 0.717) is 0 Å². The number of aromatic nitrogens is 2. The van der Waals surface area contributed by atoms with Gasteiger partial charge < -0.3 is 10.5 Å². The monoisotopic (exact) mass is 257 g/mol. The largest absolute Gasteiger partial charge is 0.493 e. The van der Waals surface area contributed by atoms with Crippen LogP contribution in [-0.2, 0) is 13.0 Å². The van der Waals surface area contributed by atoms with Crippen molar-refractivity contribution in [3.8, 4) is 5.75 Å². The first-order valence-corrected chi connectivity index (χ1v) is 6.75. The molecule has 3 rings (SSSR count). The number of ether oxygens (including phenoxy) is 1. The molecule has 1 aromatic carbocycles. The molecule has 4 nitrogen and oxygen atoms in total. The van der Waals surface area contributed by atoms with Crippen LogP contribution >= 0.6 is 0 Å². The zero-order valence-corrected chi connectivity index (χ0v) is 11.4. The highest BCUT2D eigenvalue weighted by Crippen LogP contribution is 2.35. The molecule has 100 valence electrons. The van der Waals surface area contributed by atoms with Gasteiger partial charge in [-0.25, -0.2) is 0 Å². The Morgan fingerprint density at radius 3 is 3.11 bits per heavy atom. The molecule has 1 aliphatic rings. The maximum Gasteiger partial charge on any atom is 0.127 e. The summed E-state index contributed by atoms with van der Waals surface area (Å²) in [4.78, 5) is 0. The molecule has 4 heteroatoms. The van der Waals surface area contributed by atoms with Crippen molar-refractivity contribution in [1.29, 1.82) is 0 Å². The highest BCUT2D eigenvalue weighted by Gasteiger charge is 2.23. The van der Waals surface area contributed by atoms with E-state index in [1.807, 2.05) is 11.6 Å². The van der Waals surface area contributed by atoms with Crippen LogP contribution in [0.25, 0.3) is 0 Å². The summed E-state index contributed by atoms with van der Waals surface area (Å²) in [5, 5.41) is 4.47. The fourth-order valence-corrected chi connectivity index (χ4v) is 2.71. The molecule has 0 bridgehead atoms. The number of para-hydroxylation sites is 1. The lowest BCUT2D eigenvalue weighted by Crippen LogP contribution is -2.17. The van der Waals surface area contributed by atoms with Gasteiger partial charge in [0.1, 0.15) is 5.75 Å². The summed E-state index contributed by atoms with van der Waals surface area (Å²) in [5.74, 6) is 0.969. The number of benzene rings is 1. The Morgan fingerprint density at radius 1 is 1.47 bits per heavy atom. The number of fused-ring (bicyclic) bond motifs is 1. The van der Waals surface area contributed by atoms with Gasteiger partial charge in [-0.3, -0.25) is 4.68 Å². The molecule has 1 aliphatic heterocycles. The molecule has 0 radical (unpaired) electrons. The molecule has 2 aromatic rings. The fourth-order valence-electron chi connectivity index (χ4n) is 2.71. The quantitative estimate of drug-likeness (QED) is 0.917. The van der Waals surface area contributed by atoms with Gasteiger partial charge in [0.2, 0.25) is 0 Å². The maximum atomic E-state index is 6.44. The molecular formula is C15H19N3O. The minimum Gasteiger partial charge on any atom is -0.493 e. The van der Waals surface area contributed by atoms with Crippen molar-refractivity contribution in [2.75, 3.05) is 6.61 Å². The van der Waals surface area contributed by atoms with Crippen molar-refractivity contribution in [1.82, 2.24) is 9.78 Å². The predicted molar refractivity (Wildman–Crippen MR) is 74.3 cm³/mol. The van der Waals surface area contributed by atoms with Crippen molar-refractivity contribution in [3.63, 3.8) is 0 Å². The molecule has 0 amide bonds. The summed E-state index contributed by atoms with van der Waals surface area (Å²) < 4.78 is 7.71. The Labute approximate surface area is 113 Å². The normalized spacial score (nSPS) is 15.1. The second-order valence-electron chi connectivity index (χ2n) is 4.94. The molecule has 0 fully saturated rings. The Balaban J connectivity index is 2.04. The summed E-state index contributed by atoms with van der Waals surface area (Å²) in [5.41, 5.74) is 10.8. The smallest absolute Gasteiger partial charge is 0.127 e. The number of nitrogens with zero attached hydrogens (tertiary/aromatic N) is 2. The second-order valence-corrected chi connectivity index (χ2v) is 4.94. The van der Waals surface area contributed by atoms with Crippen LogP contribution in [0.5, 0.6) is 5.75 Å². The molecular weight excluding hydrogens is 238 g/mol. The van der Waals surface area contributed by atoms with E-state index in [2.05, 4.69) is 36.3 Å². The van der Waals surface area contributed by atoms with Crippen LogP contribution in [0, 0.1) is 6.92 Å². The molecule has 2 heterocycles. The molecule has 1 unspecified atom stereocenters.